The highest BCUT2D eigenvalue weighted by Gasteiger charge is 2.27. The van der Waals surface area contributed by atoms with Gasteiger partial charge in [0.05, 0.1) is 5.46 Å². The van der Waals surface area contributed by atoms with Crippen molar-refractivity contribution in [3.63, 3.8) is 0 Å². The van der Waals surface area contributed by atoms with Crippen LogP contribution in [0.3, 0.4) is 0 Å². The number of hydrogen-bond donors (Lipinski definition) is 2. The quantitative estimate of drug-likeness (QED) is 0.565. The number of furan rings is 2. The summed E-state index contributed by atoms with van der Waals surface area (Å²) in [6.45, 7) is 5.75. The van der Waals surface area contributed by atoms with E-state index in [1.54, 1.807) is 6.08 Å². The molecule has 0 bridgehead atoms. The SMILES string of the molecule is C=Cc1c(/C=C\C)oc2c(B(O)O)c3oc4ccccc4c3cc12. The molecule has 5 heteroatoms. The van der Waals surface area contributed by atoms with E-state index in [-0.39, 0.29) is 5.46 Å². The zero-order valence-corrected chi connectivity index (χ0v) is 13.1. The third kappa shape index (κ3) is 1.95. The molecule has 2 N–H and O–H groups in total. The van der Waals surface area contributed by atoms with Gasteiger partial charge in [-0.2, -0.15) is 0 Å². The van der Waals surface area contributed by atoms with Crippen molar-refractivity contribution in [1.29, 1.82) is 0 Å². The van der Waals surface area contributed by atoms with Gasteiger partial charge in [-0.25, -0.2) is 0 Å². The first-order valence-electron chi connectivity index (χ1n) is 7.67. The summed E-state index contributed by atoms with van der Waals surface area (Å²) in [5, 5.41) is 22.4. The molecule has 0 saturated heterocycles. The van der Waals surface area contributed by atoms with Crippen LogP contribution in [-0.4, -0.2) is 17.2 Å². The zero-order valence-electron chi connectivity index (χ0n) is 13.1. The Hall–Kier alpha value is -2.76. The fraction of sp³-hybridized carbons (Fsp3) is 0.0526. The minimum Gasteiger partial charge on any atom is -0.456 e. The topological polar surface area (TPSA) is 66.7 Å². The Morgan fingerprint density at radius 1 is 1.04 bits per heavy atom. The van der Waals surface area contributed by atoms with Crippen molar-refractivity contribution in [2.45, 2.75) is 6.92 Å². The second-order valence-corrected chi connectivity index (χ2v) is 5.60. The maximum absolute atomic E-state index is 9.94. The van der Waals surface area contributed by atoms with Crippen LogP contribution in [0.25, 0.3) is 45.1 Å². The summed E-state index contributed by atoms with van der Waals surface area (Å²) < 4.78 is 11.8. The average molecular weight is 318 g/mol. The van der Waals surface area contributed by atoms with Gasteiger partial charge >= 0.3 is 7.12 Å². The van der Waals surface area contributed by atoms with Crippen LogP contribution in [0.15, 0.2) is 51.8 Å². The van der Waals surface area contributed by atoms with Crippen LogP contribution < -0.4 is 5.46 Å². The molecule has 2 heterocycles. The molecular formula is C19H15BO4. The Balaban J connectivity index is 2.26. The average Bonchev–Trinajstić information content (AvgIpc) is 3.10. The molecule has 0 amide bonds. The predicted octanol–water partition coefficient (Wildman–Crippen LogP) is 3.69. The molecule has 2 aromatic heterocycles. The molecule has 0 atom stereocenters. The van der Waals surface area contributed by atoms with Crippen molar-refractivity contribution in [3.8, 4) is 0 Å². The Labute approximate surface area is 138 Å². The molecule has 4 rings (SSSR count). The summed E-state index contributed by atoms with van der Waals surface area (Å²) in [7, 11) is -1.71. The lowest BCUT2D eigenvalue weighted by Crippen LogP contribution is -2.30. The Bertz CT molecular complexity index is 1110. The molecule has 0 aliphatic carbocycles. The Morgan fingerprint density at radius 3 is 2.50 bits per heavy atom. The summed E-state index contributed by atoms with van der Waals surface area (Å²) in [5.74, 6) is 0.626. The van der Waals surface area contributed by atoms with E-state index >= 15 is 0 Å². The second-order valence-electron chi connectivity index (χ2n) is 5.60. The largest absolute Gasteiger partial charge is 0.496 e. The van der Waals surface area contributed by atoms with Gasteiger partial charge in [0, 0.05) is 21.7 Å². The lowest BCUT2D eigenvalue weighted by atomic mass is 9.78. The molecular weight excluding hydrogens is 303 g/mol. The third-order valence-corrected chi connectivity index (χ3v) is 4.20. The summed E-state index contributed by atoms with van der Waals surface area (Å²) in [6, 6.07) is 9.55. The van der Waals surface area contributed by atoms with Crippen molar-refractivity contribution in [1.82, 2.24) is 0 Å². The molecule has 4 nitrogen and oxygen atoms in total. The Morgan fingerprint density at radius 2 is 1.79 bits per heavy atom. The first-order chi connectivity index (χ1) is 11.7. The van der Waals surface area contributed by atoms with Gasteiger partial charge in [0.2, 0.25) is 0 Å². The highest BCUT2D eigenvalue weighted by molar-refractivity contribution is 6.65. The monoisotopic (exact) mass is 318 g/mol. The fourth-order valence-electron chi connectivity index (χ4n) is 3.19. The summed E-state index contributed by atoms with van der Waals surface area (Å²) in [5.41, 5.74) is 2.57. The molecule has 0 aliphatic heterocycles. The minimum atomic E-state index is -1.71. The molecule has 0 spiro atoms. The third-order valence-electron chi connectivity index (χ3n) is 4.20. The number of allylic oxidation sites excluding steroid dienone is 1. The predicted molar refractivity (Wildman–Crippen MR) is 98.1 cm³/mol. The van der Waals surface area contributed by atoms with E-state index in [0.717, 1.165) is 21.7 Å². The van der Waals surface area contributed by atoms with E-state index in [2.05, 4.69) is 6.58 Å². The number of hydrogen-bond acceptors (Lipinski definition) is 4. The summed E-state index contributed by atoms with van der Waals surface area (Å²) >= 11 is 0. The van der Waals surface area contributed by atoms with E-state index in [0.29, 0.717) is 22.5 Å². The van der Waals surface area contributed by atoms with E-state index in [1.165, 1.54) is 0 Å². The summed E-state index contributed by atoms with van der Waals surface area (Å²) in [4.78, 5) is 0. The van der Waals surface area contributed by atoms with Gasteiger partial charge in [-0.3, -0.25) is 0 Å². The molecule has 4 aromatic rings. The van der Waals surface area contributed by atoms with Crippen LogP contribution in [0, 0.1) is 0 Å². The van der Waals surface area contributed by atoms with Gasteiger partial charge in [-0.05, 0) is 25.1 Å². The maximum atomic E-state index is 9.94. The number of fused-ring (bicyclic) bond motifs is 4. The number of rotatable bonds is 3. The van der Waals surface area contributed by atoms with Crippen LogP contribution in [-0.2, 0) is 0 Å². The normalized spacial score (nSPS) is 12.0. The van der Waals surface area contributed by atoms with Gasteiger partial charge in [-0.1, -0.05) is 36.9 Å². The van der Waals surface area contributed by atoms with Gasteiger partial charge in [0.15, 0.2) is 0 Å². The molecule has 0 unspecified atom stereocenters. The molecule has 24 heavy (non-hydrogen) atoms. The van der Waals surface area contributed by atoms with Crippen LogP contribution >= 0.6 is 0 Å². The lowest BCUT2D eigenvalue weighted by molar-refractivity contribution is 0.425. The van der Waals surface area contributed by atoms with E-state index in [1.807, 2.05) is 49.4 Å². The van der Waals surface area contributed by atoms with E-state index in [4.69, 9.17) is 8.83 Å². The van der Waals surface area contributed by atoms with Gasteiger partial charge in [0.1, 0.15) is 22.5 Å². The number of benzene rings is 2. The fourth-order valence-corrected chi connectivity index (χ4v) is 3.19. The maximum Gasteiger partial charge on any atom is 0.496 e. The van der Waals surface area contributed by atoms with Gasteiger partial charge < -0.3 is 18.9 Å². The van der Waals surface area contributed by atoms with Crippen molar-refractivity contribution >= 4 is 57.6 Å². The van der Waals surface area contributed by atoms with Gasteiger partial charge in [-0.15, -0.1) is 0 Å². The molecule has 0 fully saturated rings. The zero-order chi connectivity index (χ0) is 16.8. The van der Waals surface area contributed by atoms with Crippen molar-refractivity contribution in [2.75, 3.05) is 0 Å². The van der Waals surface area contributed by atoms with Crippen LogP contribution in [0.2, 0.25) is 0 Å². The van der Waals surface area contributed by atoms with Gasteiger partial charge in [0.25, 0.3) is 0 Å². The molecule has 0 radical (unpaired) electrons. The van der Waals surface area contributed by atoms with E-state index < -0.39 is 7.12 Å². The highest BCUT2D eigenvalue weighted by Crippen LogP contribution is 2.35. The molecule has 2 aromatic carbocycles. The molecule has 0 aliphatic rings. The van der Waals surface area contributed by atoms with Crippen LogP contribution in [0.4, 0.5) is 0 Å². The first-order valence-corrected chi connectivity index (χ1v) is 7.67. The molecule has 118 valence electrons. The highest BCUT2D eigenvalue weighted by atomic mass is 16.4. The Kier molecular flexibility index (Phi) is 3.34. The molecule has 0 saturated carbocycles. The number of para-hydroxylation sites is 1. The smallest absolute Gasteiger partial charge is 0.456 e. The van der Waals surface area contributed by atoms with E-state index in [9.17, 15) is 10.0 Å². The van der Waals surface area contributed by atoms with Crippen molar-refractivity contribution in [3.05, 3.63) is 54.3 Å². The van der Waals surface area contributed by atoms with Crippen LogP contribution in [0.1, 0.15) is 18.2 Å². The summed E-state index contributed by atoms with van der Waals surface area (Å²) in [6.07, 6.45) is 5.40. The van der Waals surface area contributed by atoms with Crippen molar-refractivity contribution in [2.24, 2.45) is 0 Å². The lowest BCUT2D eigenvalue weighted by Gasteiger charge is -2.02. The second kappa shape index (κ2) is 5.41. The first kappa shape index (κ1) is 14.8. The minimum absolute atomic E-state index is 0.234. The van der Waals surface area contributed by atoms with Crippen LogP contribution in [0.5, 0.6) is 0 Å². The standard InChI is InChI=1S/C19H15BO4/c1-3-7-15-11(4-2)13-10-14-12-8-5-6-9-16(12)24-19(14)17(20(21)22)18(13)23-15/h3-10,21-22H,2H2,1H3/b7-3-. The van der Waals surface area contributed by atoms with Crippen molar-refractivity contribution < 1.29 is 18.9 Å².